The summed E-state index contributed by atoms with van der Waals surface area (Å²) in [4.78, 5) is 2.32. The summed E-state index contributed by atoms with van der Waals surface area (Å²) in [7, 11) is 0. The van der Waals surface area contributed by atoms with Gasteiger partial charge in [-0.25, -0.2) is 0 Å². The van der Waals surface area contributed by atoms with Gasteiger partial charge in [0.25, 0.3) is 0 Å². The minimum absolute atomic E-state index is 0.168. The van der Waals surface area contributed by atoms with Gasteiger partial charge < -0.3 is 15.3 Å². The Morgan fingerprint density at radius 1 is 1.24 bits per heavy atom. The number of aliphatic hydroxyl groups is 1. The fraction of sp³-hybridized carbons (Fsp3) is 0.647. The third-order valence-corrected chi connectivity index (χ3v) is 4.05. The Labute approximate surface area is 134 Å². The number of benzene rings is 1. The molecule has 21 heavy (non-hydrogen) atoms. The molecule has 0 heterocycles. The fourth-order valence-electron chi connectivity index (χ4n) is 2.71. The van der Waals surface area contributed by atoms with E-state index in [-0.39, 0.29) is 6.61 Å². The fourth-order valence-corrected chi connectivity index (χ4v) is 2.91. The molecule has 4 heteroatoms. The van der Waals surface area contributed by atoms with Gasteiger partial charge in [-0.3, -0.25) is 0 Å². The number of anilines is 1. The maximum atomic E-state index is 9.41. The van der Waals surface area contributed by atoms with Gasteiger partial charge in [0.05, 0.1) is 6.61 Å². The molecule has 0 amide bonds. The van der Waals surface area contributed by atoms with Gasteiger partial charge in [-0.05, 0) is 49.6 Å². The molecule has 0 bridgehead atoms. The molecule has 0 spiro atoms. The highest BCUT2D eigenvalue weighted by Gasteiger charge is 2.18. The first-order chi connectivity index (χ1) is 10.2. The Bertz CT molecular complexity index is 408. The van der Waals surface area contributed by atoms with Crippen molar-refractivity contribution in [2.75, 3.05) is 24.6 Å². The van der Waals surface area contributed by atoms with Crippen LogP contribution in [-0.4, -0.2) is 30.8 Å². The summed E-state index contributed by atoms with van der Waals surface area (Å²) in [6.07, 6.45) is 3.25. The van der Waals surface area contributed by atoms with Crippen LogP contribution in [0.4, 0.5) is 5.69 Å². The van der Waals surface area contributed by atoms with Crippen molar-refractivity contribution in [1.29, 1.82) is 0 Å². The lowest BCUT2D eigenvalue weighted by molar-refractivity contribution is 0.296. The predicted molar refractivity (Wildman–Crippen MR) is 92.3 cm³/mol. The van der Waals surface area contributed by atoms with Gasteiger partial charge in [0.1, 0.15) is 0 Å². The zero-order chi connectivity index (χ0) is 15.7. The highest BCUT2D eigenvalue weighted by Crippen LogP contribution is 2.27. The maximum absolute atomic E-state index is 9.41. The van der Waals surface area contributed by atoms with Gasteiger partial charge >= 0.3 is 0 Å². The van der Waals surface area contributed by atoms with E-state index in [0.29, 0.717) is 12.6 Å². The second-order valence-electron chi connectivity index (χ2n) is 5.34. The van der Waals surface area contributed by atoms with Crippen molar-refractivity contribution in [3.8, 4) is 0 Å². The van der Waals surface area contributed by atoms with Gasteiger partial charge in [0.15, 0.2) is 0 Å². The first-order valence-corrected chi connectivity index (χ1v) is 8.42. The zero-order valence-corrected chi connectivity index (χ0v) is 14.3. The number of aliphatic hydroxyl groups excluding tert-OH is 1. The number of rotatable bonds is 10. The molecule has 0 unspecified atom stereocenters. The molecule has 1 rings (SSSR count). The van der Waals surface area contributed by atoms with Crippen molar-refractivity contribution in [3.05, 3.63) is 28.8 Å². The van der Waals surface area contributed by atoms with Crippen LogP contribution in [0.25, 0.3) is 0 Å². The van der Waals surface area contributed by atoms with Crippen molar-refractivity contribution >= 4 is 17.3 Å². The van der Waals surface area contributed by atoms with Crippen LogP contribution in [0.1, 0.15) is 45.6 Å². The molecule has 1 aromatic rings. The van der Waals surface area contributed by atoms with Crippen LogP contribution in [0.15, 0.2) is 18.2 Å². The first kappa shape index (κ1) is 18.3. The number of hydrogen-bond donors (Lipinski definition) is 2. The second-order valence-corrected chi connectivity index (χ2v) is 5.77. The molecule has 0 radical (unpaired) electrons. The molecular weight excluding hydrogens is 284 g/mol. The van der Waals surface area contributed by atoms with Crippen LogP contribution in [0.2, 0.25) is 5.02 Å². The van der Waals surface area contributed by atoms with Crippen LogP contribution in [0, 0.1) is 0 Å². The number of nitrogens with zero attached hydrogens (tertiary/aromatic N) is 1. The molecule has 120 valence electrons. The van der Waals surface area contributed by atoms with Crippen molar-refractivity contribution in [3.63, 3.8) is 0 Å². The summed E-state index contributed by atoms with van der Waals surface area (Å²) in [6, 6.07) is 6.50. The van der Waals surface area contributed by atoms with Crippen LogP contribution in [0.3, 0.4) is 0 Å². The van der Waals surface area contributed by atoms with E-state index >= 15 is 0 Å². The average molecular weight is 313 g/mol. The van der Waals surface area contributed by atoms with Crippen molar-refractivity contribution in [2.45, 2.75) is 52.6 Å². The Hall–Kier alpha value is -0.770. The largest absolute Gasteiger partial charge is 0.395 e. The molecule has 2 N–H and O–H groups in total. The van der Waals surface area contributed by atoms with Gasteiger partial charge in [-0.2, -0.15) is 0 Å². The van der Waals surface area contributed by atoms with Crippen molar-refractivity contribution in [1.82, 2.24) is 5.32 Å². The summed E-state index contributed by atoms with van der Waals surface area (Å²) >= 11 is 6.16. The maximum Gasteiger partial charge on any atom is 0.0606 e. The van der Waals surface area contributed by atoms with Crippen LogP contribution in [-0.2, 0) is 6.54 Å². The Kier molecular flexibility index (Phi) is 8.74. The highest BCUT2D eigenvalue weighted by molar-refractivity contribution is 6.30. The molecule has 0 aliphatic rings. The van der Waals surface area contributed by atoms with E-state index in [1.54, 1.807) is 0 Å². The lowest BCUT2D eigenvalue weighted by Crippen LogP contribution is -2.37. The summed E-state index contributed by atoms with van der Waals surface area (Å²) in [5.41, 5.74) is 2.39. The minimum Gasteiger partial charge on any atom is -0.395 e. The molecule has 1 aromatic carbocycles. The molecule has 0 aliphatic heterocycles. The minimum atomic E-state index is 0.168. The number of halogens is 1. The Balaban J connectivity index is 3.04. The number of nitrogens with one attached hydrogen (secondary N) is 1. The molecule has 0 fully saturated rings. The lowest BCUT2D eigenvalue weighted by atomic mass is 10.1. The topological polar surface area (TPSA) is 35.5 Å². The quantitative estimate of drug-likeness (QED) is 0.645. The van der Waals surface area contributed by atoms with E-state index in [1.807, 2.05) is 12.1 Å². The normalized spacial score (nSPS) is 11.1. The van der Waals surface area contributed by atoms with E-state index in [4.69, 9.17) is 11.6 Å². The first-order valence-electron chi connectivity index (χ1n) is 8.04. The Morgan fingerprint density at radius 3 is 2.52 bits per heavy atom. The summed E-state index contributed by atoms with van der Waals surface area (Å²) < 4.78 is 0. The van der Waals surface area contributed by atoms with Gasteiger partial charge in [0, 0.05) is 29.8 Å². The molecule has 0 saturated carbocycles. The molecule has 0 saturated heterocycles. The van der Waals surface area contributed by atoms with E-state index in [9.17, 15) is 5.11 Å². The average Bonchev–Trinajstić information content (AvgIpc) is 2.48. The van der Waals surface area contributed by atoms with E-state index < -0.39 is 0 Å². The third kappa shape index (κ3) is 5.50. The van der Waals surface area contributed by atoms with E-state index in [2.05, 4.69) is 37.1 Å². The lowest BCUT2D eigenvalue weighted by Gasteiger charge is -2.34. The smallest absolute Gasteiger partial charge is 0.0606 e. The van der Waals surface area contributed by atoms with E-state index in [1.165, 1.54) is 11.3 Å². The molecule has 3 nitrogen and oxygen atoms in total. The molecule has 0 aromatic heterocycles. The molecule has 0 aliphatic carbocycles. The van der Waals surface area contributed by atoms with Gasteiger partial charge in [0.2, 0.25) is 0 Å². The predicted octanol–water partition coefficient (Wildman–Crippen LogP) is 3.83. The van der Waals surface area contributed by atoms with Gasteiger partial charge in [-0.1, -0.05) is 32.4 Å². The molecular formula is C17H29ClN2O. The van der Waals surface area contributed by atoms with Gasteiger partial charge in [-0.15, -0.1) is 0 Å². The van der Waals surface area contributed by atoms with Crippen LogP contribution >= 0.6 is 11.6 Å². The standard InChI is InChI=1S/C17H29ClN2O/c1-4-9-19-13-14-12-15(18)7-8-17(14)20(10-11-21)16(5-2)6-3/h7-8,12,16,19,21H,4-6,9-11,13H2,1-3H3. The highest BCUT2D eigenvalue weighted by atomic mass is 35.5. The second kappa shape index (κ2) is 10.0. The summed E-state index contributed by atoms with van der Waals surface area (Å²) in [6.45, 7) is 9.19. The number of hydrogen-bond acceptors (Lipinski definition) is 3. The summed E-state index contributed by atoms with van der Waals surface area (Å²) in [5.74, 6) is 0. The van der Waals surface area contributed by atoms with Crippen molar-refractivity contribution in [2.24, 2.45) is 0 Å². The third-order valence-electron chi connectivity index (χ3n) is 3.82. The van der Waals surface area contributed by atoms with Crippen LogP contribution < -0.4 is 10.2 Å². The SMILES string of the molecule is CCCNCc1cc(Cl)ccc1N(CCO)C(CC)CC. The molecule has 0 atom stereocenters. The summed E-state index contributed by atoms with van der Waals surface area (Å²) in [5, 5.41) is 13.6. The zero-order valence-electron chi connectivity index (χ0n) is 13.5. The van der Waals surface area contributed by atoms with Crippen LogP contribution in [0.5, 0.6) is 0 Å². The monoisotopic (exact) mass is 312 g/mol. The van der Waals surface area contributed by atoms with E-state index in [0.717, 1.165) is 37.4 Å². The Morgan fingerprint density at radius 2 is 1.95 bits per heavy atom. The van der Waals surface area contributed by atoms with Crippen molar-refractivity contribution < 1.29 is 5.11 Å².